The predicted octanol–water partition coefficient (Wildman–Crippen LogP) is 2.23. The van der Waals surface area contributed by atoms with Gasteiger partial charge in [-0.1, -0.05) is 18.7 Å². The number of carbonyl (C=O) groups excluding carboxylic acids is 1. The molecule has 0 aliphatic heterocycles. The molecule has 3 heteroatoms. The molecule has 0 saturated heterocycles. The molecule has 2 rings (SSSR count). The van der Waals surface area contributed by atoms with Gasteiger partial charge in [0, 0.05) is 6.04 Å². The minimum Gasteiger partial charge on any atom is -0.496 e. The molecule has 1 N–H and O–H groups in total. The lowest BCUT2D eigenvalue weighted by Gasteiger charge is -2.09. The summed E-state index contributed by atoms with van der Waals surface area (Å²) in [5.41, 5.74) is 1.53. The van der Waals surface area contributed by atoms with Gasteiger partial charge in [0.15, 0.2) is 0 Å². The summed E-state index contributed by atoms with van der Waals surface area (Å²) in [5, 5.41) is 2.94. The molecular weight excluding hydrogens is 202 g/mol. The molecule has 1 aromatic rings. The largest absolute Gasteiger partial charge is 0.496 e. The molecule has 3 nitrogen and oxygen atoms in total. The summed E-state index contributed by atoms with van der Waals surface area (Å²) in [4.78, 5) is 11.9. The second kappa shape index (κ2) is 4.39. The van der Waals surface area contributed by atoms with Gasteiger partial charge in [-0.25, -0.2) is 0 Å². The van der Waals surface area contributed by atoms with E-state index in [0.717, 1.165) is 18.4 Å². The Morgan fingerprint density at radius 1 is 1.56 bits per heavy atom. The average Bonchev–Trinajstić information content (AvgIpc) is 3.11. The molecule has 1 aliphatic rings. The Morgan fingerprint density at radius 2 is 2.31 bits per heavy atom. The van der Waals surface area contributed by atoms with Crippen molar-refractivity contribution >= 4 is 12.0 Å². The maximum Gasteiger partial charge on any atom is 0.255 e. The van der Waals surface area contributed by atoms with Gasteiger partial charge >= 0.3 is 0 Å². The Hall–Kier alpha value is -1.77. The van der Waals surface area contributed by atoms with Crippen molar-refractivity contribution in [1.29, 1.82) is 0 Å². The molecule has 1 aliphatic carbocycles. The highest BCUT2D eigenvalue weighted by Gasteiger charge is 2.25. The molecule has 0 radical (unpaired) electrons. The van der Waals surface area contributed by atoms with Crippen LogP contribution in [0.25, 0.3) is 6.08 Å². The summed E-state index contributed by atoms with van der Waals surface area (Å²) in [7, 11) is 1.57. The third-order valence-corrected chi connectivity index (χ3v) is 2.62. The Kier molecular flexibility index (Phi) is 2.95. The molecule has 1 fully saturated rings. The van der Waals surface area contributed by atoms with Crippen LogP contribution in [0.3, 0.4) is 0 Å². The normalized spacial score (nSPS) is 14.3. The first-order chi connectivity index (χ1) is 7.74. The predicted molar refractivity (Wildman–Crippen MR) is 63.6 cm³/mol. The first kappa shape index (κ1) is 10.7. The van der Waals surface area contributed by atoms with E-state index in [1.165, 1.54) is 0 Å². The molecular formula is C13H15NO2. The van der Waals surface area contributed by atoms with Crippen LogP contribution in [0, 0.1) is 0 Å². The second-order valence-electron chi connectivity index (χ2n) is 3.91. The number of hydrogen-bond acceptors (Lipinski definition) is 2. The fourth-order valence-corrected chi connectivity index (χ4v) is 1.51. The smallest absolute Gasteiger partial charge is 0.255 e. The van der Waals surface area contributed by atoms with Crippen molar-refractivity contribution in [1.82, 2.24) is 5.32 Å². The summed E-state index contributed by atoms with van der Waals surface area (Å²) in [6.07, 6.45) is 3.89. The monoisotopic (exact) mass is 217 g/mol. The summed E-state index contributed by atoms with van der Waals surface area (Å²) in [6.45, 7) is 3.68. The van der Waals surface area contributed by atoms with Crippen LogP contribution in [0.5, 0.6) is 5.75 Å². The van der Waals surface area contributed by atoms with Crippen LogP contribution in [0.1, 0.15) is 28.8 Å². The van der Waals surface area contributed by atoms with Crippen molar-refractivity contribution in [3.05, 3.63) is 35.9 Å². The number of amides is 1. The van der Waals surface area contributed by atoms with Gasteiger partial charge in [-0.2, -0.15) is 0 Å². The molecule has 1 amide bonds. The summed E-state index contributed by atoms with van der Waals surface area (Å²) in [5.74, 6) is 0.533. The van der Waals surface area contributed by atoms with E-state index in [0.29, 0.717) is 17.4 Å². The SMILES string of the molecule is C=Cc1ccc(C(=O)NC2CC2)c(OC)c1. The van der Waals surface area contributed by atoms with Crippen molar-refractivity contribution in [3.8, 4) is 5.75 Å². The minimum atomic E-state index is -0.0602. The molecule has 1 aromatic carbocycles. The molecule has 0 bridgehead atoms. The van der Waals surface area contributed by atoms with E-state index < -0.39 is 0 Å². The van der Waals surface area contributed by atoms with Gasteiger partial charge in [-0.15, -0.1) is 0 Å². The summed E-state index contributed by atoms with van der Waals surface area (Å²) < 4.78 is 5.20. The van der Waals surface area contributed by atoms with Gasteiger partial charge < -0.3 is 10.1 Å². The van der Waals surface area contributed by atoms with E-state index in [-0.39, 0.29) is 5.91 Å². The fourth-order valence-electron chi connectivity index (χ4n) is 1.51. The van der Waals surface area contributed by atoms with Crippen LogP contribution in [0.4, 0.5) is 0 Å². The summed E-state index contributed by atoms with van der Waals surface area (Å²) in [6, 6.07) is 5.80. The zero-order valence-electron chi connectivity index (χ0n) is 9.32. The molecule has 16 heavy (non-hydrogen) atoms. The van der Waals surface area contributed by atoms with Gasteiger partial charge in [0.25, 0.3) is 5.91 Å². The van der Waals surface area contributed by atoms with Crippen LogP contribution >= 0.6 is 0 Å². The minimum absolute atomic E-state index is 0.0602. The van der Waals surface area contributed by atoms with Crippen molar-refractivity contribution in [2.24, 2.45) is 0 Å². The lowest BCUT2D eigenvalue weighted by molar-refractivity contribution is 0.0948. The van der Waals surface area contributed by atoms with E-state index in [4.69, 9.17) is 4.74 Å². The van der Waals surface area contributed by atoms with E-state index >= 15 is 0 Å². The van der Waals surface area contributed by atoms with Crippen molar-refractivity contribution < 1.29 is 9.53 Å². The molecule has 0 heterocycles. The molecule has 0 unspecified atom stereocenters. The number of ether oxygens (including phenoxy) is 1. The Balaban J connectivity index is 2.23. The number of hydrogen-bond donors (Lipinski definition) is 1. The molecule has 84 valence electrons. The third-order valence-electron chi connectivity index (χ3n) is 2.62. The standard InChI is InChI=1S/C13H15NO2/c1-3-9-4-7-11(12(8-9)16-2)13(15)14-10-5-6-10/h3-4,7-8,10H,1,5-6H2,2H3,(H,14,15). The van der Waals surface area contributed by atoms with Crippen LogP contribution in [-0.4, -0.2) is 19.1 Å². The van der Waals surface area contributed by atoms with Gasteiger partial charge in [0.1, 0.15) is 5.75 Å². The maximum absolute atomic E-state index is 11.9. The van der Waals surface area contributed by atoms with E-state index in [9.17, 15) is 4.79 Å². The highest BCUT2D eigenvalue weighted by molar-refractivity contribution is 5.97. The van der Waals surface area contributed by atoms with Crippen molar-refractivity contribution in [2.45, 2.75) is 18.9 Å². The lowest BCUT2D eigenvalue weighted by Crippen LogP contribution is -2.25. The van der Waals surface area contributed by atoms with E-state index in [1.54, 1.807) is 19.3 Å². The second-order valence-corrected chi connectivity index (χ2v) is 3.91. The van der Waals surface area contributed by atoms with Crippen LogP contribution in [0.15, 0.2) is 24.8 Å². The molecule has 0 spiro atoms. The average molecular weight is 217 g/mol. The molecule has 1 saturated carbocycles. The molecule has 0 aromatic heterocycles. The Morgan fingerprint density at radius 3 is 2.88 bits per heavy atom. The third kappa shape index (κ3) is 2.24. The van der Waals surface area contributed by atoms with Gasteiger partial charge in [0.2, 0.25) is 0 Å². The highest BCUT2D eigenvalue weighted by Crippen LogP contribution is 2.23. The number of rotatable bonds is 4. The maximum atomic E-state index is 11.9. The first-order valence-corrected chi connectivity index (χ1v) is 5.36. The van der Waals surface area contributed by atoms with Gasteiger partial charge in [0.05, 0.1) is 12.7 Å². The number of carbonyl (C=O) groups is 1. The number of methoxy groups -OCH3 is 1. The van der Waals surface area contributed by atoms with Crippen molar-refractivity contribution in [3.63, 3.8) is 0 Å². The van der Waals surface area contributed by atoms with Crippen LogP contribution in [0.2, 0.25) is 0 Å². The quantitative estimate of drug-likeness (QED) is 0.839. The number of benzene rings is 1. The Labute approximate surface area is 95.1 Å². The first-order valence-electron chi connectivity index (χ1n) is 5.36. The van der Waals surface area contributed by atoms with Crippen molar-refractivity contribution in [2.75, 3.05) is 7.11 Å². The number of nitrogens with one attached hydrogen (secondary N) is 1. The fraction of sp³-hybridized carbons (Fsp3) is 0.308. The topological polar surface area (TPSA) is 38.3 Å². The van der Waals surface area contributed by atoms with Crippen LogP contribution < -0.4 is 10.1 Å². The van der Waals surface area contributed by atoms with E-state index in [1.807, 2.05) is 12.1 Å². The van der Waals surface area contributed by atoms with Crippen LogP contribution in [-0.2, 0) is 0 Å². The van der Waals surface area contributed by atoms with Gasteiger partial charge in [-0.3, -0.25) is 4.79 Å². The highest BCUT2D eigenvalue weighted by atomic mass is 16.5. The summed E-state index contributed by atoms with van der Waals surface area (Å²) >= 11 is 0. The lowest BCUT2D eigenvalue weighted by atomic mass is 10.1. The van der Waals surface area contributed by atoms with E-state index in [2.05, 4.69) is 11.9 Å². The van der Waals surface area contributed by atoms with Gasteiger partial charge in [-0.05, 0) is 30.5 Å². The Bertz CT molecular complexity index is 422. The zero-order chi connectivity index (χ0) is 11.5. The zero-order valence-corrected chi connectivity index (χ0v) is 9.32. The molecule has 0 atom stereocenters.